The van der Waals surface area contributed by atoms with E-state index in [2.05, 4.69) is 15.2 Å². The van der Waals surface area contributed by atoms with Gasteiger partial charge < -0.3 is 10.2 Å². The lowest BCUT2D eigenvalue weighted by Crippen LogP contribution is -2.47. The zero-order chi connectivity index (χ0) is 17.1. The highest BCUT2D eigenvalue weighted by molar-refractivity contribution is 5.79. The molecule has 1 aromatic carbocycles. The Morgan fingerprint density at radius 3 is 2.48 bits per heavy atom. The maximum atomic E-state index is 12.1. The number of amides is 1. The predicted molar refractivity (Wildman–Crippen MR) is 98.2 cm³/mol. The molecule has 4 rings (SSSR count). The first-order valence-electron chi connectivity index (χ1n) is 9.23. The monoisotopic (exact) mass is 336 g/mol. The molecule has 1 aliphatic heterocycles. The van der Waals surface area contributed by atoms with Crippen molar-refractivity contribution in [3.05, 3.63) is 42.6 Å². The van der Waals surface area contributed by atoms with Crippen LogP contribution >= 0.6 is 0 Å². The first-order chi connectivity index (χ1) is 12.3. The highest BCUT2D eigenvalue weighted by atomic mass is 16.2. The Bertz CT molecular complexity index is 721. The molecule has 25 heavy (non-hydrogen) atoms. The van der Waals surface area contributed by atoms with Crippen LogP contribution in [0.4, 0.5) is 5.82 Å². The van der Waals surface area contributed by atoms with Gasteiger partial charge >= 0.3 is 0 Å². The van der Waals surface area contributed by atoms with Gasteiger partial charge in [0.15, 0.2) is 5.82 Å². The zero-order valence-electron chi connectivity index (χ0n) is 14.4. The van der Waals surface area contributed by atoms with Gasteiger partial charge in [-0.15, -0.1) is 0 Å². The molecule has 5 heteroatoms. The molecule has 0 spiro atoms. The molecule has 1 saturated heterocycles. The van der Waals surface area contributed by atoms with Gasteiger partial charge in [-0.1, -0.05) is 36.8 Å². The van der Waals surface area contributed by atoms with Crippen LogP contribution in [0, 0.1) is 5.92 Å². The Morgan fingerprint density at radius 2 is 1.80 bits per heavy atom. The van der Waals surface area contributed by atoms with E-state index in [1.807, 2.05) is 42.6 Å². The summed E-state index contributed by atoms with van der Waals surface area (Å²) in [6.45, 7) is 1.84. The molecule has 130 valence electrons. The van der Waals surface area contributed by atoms with Crippen LogP contribution in [-0.4, -0.2) is 35.0 Å². The van der Waals surface area contributed by atoms with Crippen LogP contribution in [0.2, 0.25) is 0 Å². The average Bonchev–Trinajstić information content (AvgIpc) is 2.62. The fraction of sp³-hybridized carbons (Fsp3) is 0.450. The molecule has 1 aliphatic carbocycles. The minimum absolute atomic E-state index is 0.262. The zero-order valence-corrected chi connectivity index (χ0v) is 14.4. The second-order valence-corrected chi connectivity index (χ2v) is 7.00. The van der Waals surface area contributed by atoms with Crippen molar-refractivity contribution in [2.45, 2.75) is 38.1 Å². The number of piperidine rings is 1. The van der Waals surface area contributed by atoms with Crippen LogP contribution in [0.5, 0.6) is 0 Å². The molecule has 2 heterocycles. The van der Waals surface area contributed by atoms with E-state index in [0.717, 1.165) is 56.0 Å². The molecular weight excluding hydrogens is 312 g/mol. The number of nitrogens with one attached hydrogen (secondary N) is 1. The van der Waals surface area contributed by atoms with E-state index in [1.165, 1.54) is 6.42 Å². The third kappa shape index (κ3) is 3.65. The molecule has 1 saturated carbocycles. The van der Waals surface area contributed by atoms with E-state index < -0.39 is 0 Å². The summed E-state index contributed by atoms with van der Waals surface area (Å²) >= 11 is 0. The molecule has 0 unspecified atom stereocenters. The summed E-state index contributed by atoms with van der Waals surface area (Å²) in [6.07, 6.45) is 7.11. The molecule has 5 nitrogen and oxygen atoms in total. The van der Waals surface area contributed by atoms with Crippen LogP contribution in [0.1, 0.15) is 32.1 Å². The van der Waals surface area contributed by atoms with Gasteiger partial charge in [-0.3, -0.25) is 4.79 Å². The number of rotatable bonds is 4. The van der Waals surface area contributed by atoms with Crippen molar-refractivity contribution in [1.29, 1.82) is 0 Å². The van der Waals surface area contributed by atoms with Crippen molar-refractivity contribution in [3.63, 3.8) is 0 Å². The van der Waals surface area contributed by atoms with Crippen molar-refractivity contribution in [3.8, 4) is 11.4 Å². The second kappa shape index (κ2) is 7.21. The van der Waals surface area contributed by atoms with Crippen molar-refractivity contribution in [1.82, 2.24) is 15.3 Å². The normalized spacial score (nSPS) is 18.6. The highest BCUT2D eigenvalue weighted by Crippen LogP contribution is 2.27. The lowest BCUT2D eigenvalue weighted by Gasteiger charge is -2.34. The van der Waals surface area contributed by atoms with E-state index in [0.29, 0.717) is 6.04 Å². The van der Waals surface area contributed by atoms with E-state index in [4.69, 9.17) is 4.98 Å². The number of hydrogen-bond acceptors (Lipinski definition) is 4. The van der Waals surface area contributed by atoms with E-state index in [1.54, 1.807) is 0 Å². The summed E-state index contributed by atoms with van der Waals surface area (Å²) in [5.74, 6) is 2.27. The van der Waals surface area contributed by atoms with E-state index in [-0.39, 0.29) is 11.8 Å². The van der Waals surface area contributed by atoms with Crippen LogP contribution in [0.25, 0.3) is 11.4 Å². The van der Waals surface area contributed by atoms with Gasteiger partial charge in [0.05, 0.1) is 0 Å². The van der Waals surface area contributed by atoms with Gasteiger partial charge in [0, 0.05) is 36.8 Å². The maximum Gasteiger partial charge on any atom is 0.223 e. The quantitative estimate of drug-likeness (QED) is 0.932. The summed E-state index contributed by atoms with van der Waals surface area (Å²) in [7, 11) is 0. The van der Waals surface area contributed by atoms with Crippen molar-refractivity contribution < 1.29 is 4.79 Å². The number of benzene rings is 1. The Hall–Kier alpha value is -2.43. The topological polar surface area (TPSA) is 58.1 Å². The van der Waals surface area contributed by atoms with Gasteiger partial charge in [0.2, 0.25) is 5.91 Å². The molecule has 0 atom stereocenters. The van der Waals surface area contributed by atoms with Crippen molar-refractivity contribution >= 4 is 11.7 Å². The number of carbonyl (C=O) groups excluding carboxylic acids is 1. The summed E-state index contributed by atoms with van der Waals surface area (Å²) in [6, 6.07) is 12.3. The lowest BCUT2D eigenvalue weighted by atomic mass is 9.84. The van der Waals surface area contributed by atoms with Crippen LogP contribution in [0.15, 0.2) is 42.6 Å². The van der Waals surface area contributed by atoms with Gasteiger partial charge in [-0.25, -0.2) is 9.97 Å². The number of anilines is 1. The Morgan fingerprint density at radius 1 is 1.04 bits per heavy atom. The molecule has 1 N–H and O–H groups in total. The third-order valence-corrected chi connectivity index (χ3v) is 5.31. The van der Waals surface area contributed by atoms with Gasteiger partial charge in [0.1, 0.15) is 5.82 Å². The Balaban J connectivity index is 1.37. The average molecular weight is 336 g/mol. The maximum absolute atomic E-state index is 12.1. The molecule has 0 radical (unpaired) electrons. The van der Waals surface area contributed by atoms with Crippen LogP contribution < -0.4 is 10.2 Å². The smallest absolute Gasteiger partial charge is 0.223 e. The van der Waals surface area contributed by atoms with Gasteiger partial charge in [-0.05, 0) is 31.7 Å². The fourth-order valence-electron chi connectivity index (χ4n) is 3.49. The summed E-state index contributed by atoms with van der Waals surface area (Å²) < 4.78 is 0. The van der Waals surface area contributed by atoms with Crippen LogP contribution in [0.3, 0.4) is 0 Å². The Kier molecular flexibility index (Phi) is 4.63. The van der Waals surface area contributed by atoms with E-state index in [9.17, 15) is 4.79 Å². The fourth-order valence-corrected chi connectivity index (χ4v) is 3.49. The lowest BCUT2D eigenvalue weighted by molar-refractivity contribution is -0.128. The van der Waals surface area contributed by atoms with Gasteiger partial charge in [-0.2, -0.15) is 0 Å². The molecule has 2 aromatic rings. The number of nitrogens with zero attached hydrogens (tertiary/aromatic N) is 3. The first kappa shape index (κ1) is 16.1. The molecule has 2 aliphatic rings. The molecule has 0 bridgehead atoms. The summed E-state index contributed by atoms with van der Waals surface area (Å²) in [5.41, 5.74) is 1.03. The van der Waals surface area contributed by atoms with Crippen molar-refractivity contribution in [2.75, 3.05) is 18.0 Å². The van der Waals surface area contributed by atoms with E-state index >= 15 is 0 Å². The summed E-state index contributed by atoms with van der Waals surface area (Å²) in [5, 5.41) is 3.23. The summed E-state index contributed by atoms with van der Waals surface area (Å²) in [4.78, 5) is 23.5. The molecular formula is C20H24N4O. The largest absolute Gasteiger partial charge is 0.356 e. The van der Waals surface area contributed by atoms with Gasteiger partial charge in [0.25, 0.3) is 0 Å². The minimum atomic E-state index is 0.262. The minimum Gasteiger partial charge on any atom is -0.356 e. The number of aromatic nitrogens is 2. The number of hydrogen-bond donors (Lipinski definition) is 1. The SMILES string of the molecule is O=C(NC1CCN(c2ccnc(-c3ccccc3)n2)CC1)C1CCC1. The second-order valence-electron chi connectivity index (χ2n) is 7.00. The number of carbonyl (C=O) groups is 1. The predicted octanol–water partition coefficient (Wildman–Crippen LogP) is 3.03. The molecule has 1 aromatic heterocycles. The third-order valence-electron chi connectivity index (χ3n) is 5.31. The van der Waals surface area contributed by atoms with Crippen LogP contribution in [-0.2, 0) is 4.79 Å². The highest BCUT2D eigenvalue weighted by Gasteiger charge is 2.28. The molecule has 1 amide bonds. The Labute approximate surface area is 148 Å². The first-order valence-corrected chi connectivity index (χ1v) is 9.23. The molecule has 2 fully saturated rings. The van der Waals surface area contributed by atoms with Crippen molar-refractivity contribution in [2.24, 2.45) is 5.92 Å². The standard InChI is InChI=1S/C20H24N4O/c25-20(16-7-4-8-16)22-17-10-13-24(14-11-17)18-9-12-21-19(23-18)15-5-2-1-3-6-15/h1-3,5-6,9,12,16-17H,4,7-8,10-11,13-14H2,(H,22,25).